The van der Waals surface area contributed by atoms with Gasteiger partial charge in [0.1, 0.15) is 0 Å². The molecule has 1 heterocycles. The molecule has 0 bridgehead atoms. The maximum absolute atomic E-state index is 8.36. The number of aromatic nitrogens is 1. The second-order valence-corrected chi connectivity index (χ2v) is 0.971. The molecule has 1 aromatic rings. The predicted molar refractivity (Wildman–Crippen MR) is 21.3 cm³/mol. The van der Waals surface area contributed by atoms with Gasteiger partial charge >= 0.3 is 0 Å². The van der Waals surface area contributed by atoms with Crippen LogP contribution in [0.25, 0.3) is 0 Å². The van der Waals surface area contributed by atoms with Crippen LogP contribution in [0.1, 0.15) is 0 Å². The lowest BCUT2D eigenvalue weighted by Crippen LogP contribution is -1.52. The molecular formula is C4H4NO. The number of aromatic hydroxyl groups is 1. The van der Waals surface area contributed by atoms with Gasteiger partial charge in [0.2, 0.25) is 0 Å². The van der Waals surface area contributed by atoms with Crippen LogP contribution < -0.4 is 0 Å². The molecule has 0 atom stereocenters. The molecule has 2 N–H and O–H groups in total. The molecule has 1 radical (unpaired) electrons. The second-order valence-electron chi connectivity index (χ2n) is 0.971. The summed E-state index contributed by atoms with van der Waals surface area (Å²) >= 11 is 0. The van der Waals surface area contributed by atoms with Crippen LogP contribution in [0, 0.1) is 6.07 Å². The quantitative estimate of drug-likeness (QED) is 0.470. The van der Waals surface area contributed by atoms with Crippen LogP contribution in [0.3, 0.4) is 0 Å². The van der Waals surface area contributed by atoms with E-state index in [9.17, 15) is 0 Å². The van der Waals surface area contributed by atoms with Crippen LogP contribution >= 0.6 is 0 Å². The Hall–Kier alpha value is -0.920. The second kappa shape index (κ2) is 1.05. The third-order valence-electron chi connectivity index (χ3n) is 0.523. The molecule has 1 rings (SSSR count). The number of hydrogen-bond acceptors (Lipinski definition) is 1. The van der Waals surface area contributed by atoms with E-state index in [4.69, 9.17) is 5.11 Å². The van der Waals surface area contributed by atoms with Gasteiger partial charge < -0.3 is 10.1 Å². The number of hydrogen-bond donors (Lipinski definition) is 2. The van der Waals surface area contributed by atoms with Crippen molar-refractivity contribution in [2.75, 3.05) is 0 Å². The molecular weight excluding hydrogens is 78.0 g/mol. The molecule has 0 unspecified atom stereocenters. The molecule has 0 aliphatic carbocycles. The number of nitrogens with one attached hydrogen (secondary N) is 1. The molecule has 0 saturated carbocycles. The first-order chi connectivity index (χ1) is 2.89. The van der Waals surface area contributed by atoms with Crippen molar-refractivity contribution in [3.05, 3.63) is 18.3 Å². The van der Waals surface area contributed by atoms with Crippen molar-refractivity contribution in [1.82, 2.24) is 4.98 Å². The number of rotatable bonds is 0. The minimum atomic E-state index is 0.0926. The summed E-state index contributed by atoms with van der Waals surface area (Å²) in [7, 11) is 0. The lowest BCUT2D eigenvalue weighted by atomic mass is 10.7. The summed E-state index contributed by atoms with van der Waals surface area (Å²) in [6, 6.07) is 4.11. The summed E-state index contributed by atoms with van der Waals surface area (Å²) in [6.45, 7) is 0. The van der Waals surface area contributed by atoms with Gasteiger partial charge in [0.15, 0.2) is 5.88 Å². The zero-order valence-corrected chi connectivity index (χ0v) is 3.10. The van der Waals surface area contributed by atoms with Gasteiger partial charge in [-0.05, 0) is 6.07 Å². The Labute approximate surface area is 35.4 Å². The van der Waals surface area contributed by atoms with Crippen LogP contribution in [-0.4, -0.2) is 10.1 Å². The molecule has 0 aliphatic rings. The zero-order chi connectivity index (χ0) is 4.41. The lowest BCUT2D eigenvalue weighted by Gasteiger charge is -1.70. The molecule has 6 heavy (non-hydrogen) atoms. The van der Waals surface area contributed by atoms with E-state index in [-0.39, 0.29) is 5.88 Å². The van der Waals surface area contributed by atoms with Gasteiger partial charge in [0, 0.05) is 12.3 Å². The molecule has 31 valence electrons. The predicted octanol–water partition coefficient (Wildman–Crippen LogP) is 0.520. The normalized spacial score (nSPS) is 8.67. The van der Waals surface area contributed by atoms with Crippen molar-refractivity contribution >= 4 is 0 Å². The maximum Gasteiger partial charge on any atom is 0.196 e. The number of aromatic amines is 1. The molecule has 0 saturated heterocycles. The fraction of sp³-hybridized carbons (Fsp3) is 0. The Kier molecular flexibility index (Phi) is 0.572. The first kappa shape index (κ1) is 3.28. The van der Waals surface area contributed by atoms with Gasteiger partial charge in [-0.2, -0.15) is 0 Å². The van der Waals surface area contributed by atoms with Crippen LogP contribution in [-0.2, 0) is 0 Å². The van der Waals surface area contributed by atoms with Crippen molar-refractivity contribution in [3.63, 3.8) is 0 Å². The van der Waals surface area contributed by atoms with Gasteiger partial charge in [-0.25, -0.2) is 0 Å². The fourth-order valence-corrected chi connectivity index (χ4v) is 0.283. The van der Waals surface area contributed by atoms with Gasteiger partial charge in [0.05, 0.1) is 0 Å². The zero-order valence-electron chi connectivity index (χ0n) is 3.10. The highest BCUT2D eigenvalue weighted by molar-refractivity contribution is 5.04. The van der Waals surface area contributed by atoms with Gasteiger partial charge in [-0.1, -0.05) is 0 Å². The average molecular weight is 82.1 g/mol. The third-order valence-corrected chi connectivity index (χ3v) is 0.523. The van der Waals surface area contributed by atoms with Crippen molar-refractivity contribution in [2.45, 2.75) is 0 Å². The maximum atomic E-state index is 8.36. The van der Waals surface area contributed by atoms with Crippen molar-refractivity contribution in [1.29, 1.82) is 0 Å². The molecule has 0 amide bonds. The number of H-pyrrole nitrogens is 1. The Morgan fingerprint density at radius 3 is 2.83 bits per heavy atom. The van der Waals surface area contributed by atoms with Gasteiger partial charge in [-0.15, -0.1) is 0 Å². The van der Waals surface area contributed by atoms with Crippen molar-refractivity contribution < 1.29 is 5.11 Å². The largest absolute Gasteiger partial charge is 0.494 e. The van der Waals surface area contributed by atoms with Crippen LogP contribution in [0.4, 0.5) is 0 Å². The molecule has 0 spiro atoms. The molecule has 1 aromatic heterocycles. The molecule has 0 fully saturated rings. The highest BCUT2D eigenvalue weighted by atomic mass is 16.3. The average Bonchev–Trinajstić information content (AvgIpc) is 1.86. The van der Waals surface area contributed by atoms with Crippen LogP contribution in [0.5, 0.6) is 5.88 Å². The van der Waals surface area contributed by atoms with E-state index >= 15 is 0 Å². The summed E-state index contributed by atoms with van der Waals surface area (Å²) in [6.07, 6.45) is 1.61. The molecule has 2 nitrogen and oxygen atoms in total. The SMILES string of the molecule is Oc1[c]cc[nH]1. The monoisotopic (exact) mass is 82.0 g/mol. The topological polar surface area (TPSA) is 36.0 Å². The van der Waals surface area contributed by atoms with E-state index in [1.54, 1.807) is 12.3 Å². The first-order valence-corrected chi connectivity index (χ1v) is 1.63. The van der Waals surface area contributed by atoms with E-state index in [1.165, 1.54) is 0 Å². The fourth-order valence-electron chi connectivity index (χ4n) is 0.283. The van der Waals surface area contributed by atoms with Crippen LogP contribution in [0.2, 0.25) is 0 Å². The summed E-state index contributed by atoms with van der Waals surface area (Å²) in [5, 5.41) is 8.36. The van der Waals surface area contributed by atoms with Crippen molar-refractivity contribution in [3.8, 4) is 5.88 Å². The standard InChI is InChI=1S/C4H4NO/c6-4-2-1-3-5-4/h1,3,5-6H. The summed E-state index contributed by atoms with van der Waals surface area (Å²) in [4.78, 5) is 2.50. The minimum Gasteiger partial charge on any atom is -0.494 e. The van der Waals surface area contributed by atoms with Gasteiger partial charge in [-0.3, -0.25) is 0 Å². The smallest absolute Gasteiger partial charge is 0.196 e. The van der Waals surface area contributed by atoms with E-state index in [0.29, 0.717) is 0 Å². The highest BCUT2D eigenvalue weighted by Gasteiger charge is 1.76. The van der Waals surface area contributed by atoms with E-state index in [2.05, 4.69) is 11.1 Å². The third kappa shape index (κ3) is 0.360. The van der Waals surface area contributed by atoms with Gasteiger partial charge in [0.25, 0.3) is 0 Å². The Bertz CT molecular complexity index is 111. The summed E-state index contributed by atoms with van der Waals surface area (Å²) in [5.41, 5.74) is 0. The molecule has 2 heteroatoms. The summed E-state index contributed by atoms with van der Waals surface area (Å²) in [5.74, 6) is 0.0926. The Morgan fingerprint density at radius 1 is 1.83 bits per heavy atom. The highest BCUT2D eigenvalue weighted by Crippen LogP contribution is 1.96. The van der Waals surface area contributed by atoms with E-state index in [1.807, 2.05) is 0 Å². The van der Waals surface area contributed by atoms with E-state index in [0.717, 1.165) is 0 Å². The summed E-state index contributed by atoms with van der Waals surface area (Å²) < 4.78 is 0. The molecule has 0 aliphatic heterocycles. The van der Waals surface area contributed by atoms with Crippen LogP contribution in [0.15, 0.2) is 12.3 Å². The van der Waals surface area contributed by atoms with E-state index < -0.39 is 0 Å². The lowest BCUT2D eigenvalue weighted by molar-refractivity contribution is 0.456. The Morgan fingerprint density at radius 2 is 2.67 bits per heavy atom. The first-order valence-electron chi connectivity index (χ1n) is 1.63. The molecule has 0 aromatic carbocycles. The van der Waals surface area contributed by atoms with Crippen molar-refractivity contribution in [2.24, 2.45) is 0 Å². The minimum absolute atomic E-state index is 0.0926. The Balaban J connectivity index is 3.05.